The third-order valence-electron chi connectivity index (χ3n) is 5.51. The standard InChI is InChI=1S/C21H26N4O/c26-21(25-14-13-16-7-5-6-8-17(16)15-25)19-11-12-20(24-23-19)22-18-9-3-1-2-4-10-18/h5-8,11-12,18H,1-4,9-10,13-15H2,(H,22,24). The van der Waals surface area contributed by atoms with Crippen LogP contribution in [0.5, 0.6) is 0 Å². The summed E-state index contributed by atoms with van der Waals surface area (Å²) in [6.45, 7) is 1.39. The van der Waals surface area contributed by atoms with Crippen LogP contribution in [0, 0.1) is 0 Å². The molecular weight excluding hydrogens is 324 g/mol. The molecular formula is C21H26N4O. The number of fused-ring (bicyclic) bond motifs is 1. The zero-order valence-corrected chi connectivity index (χ0v) is 15.2. The van der Waals surface area contributed by atoms with Crippen molar-refractivity contribution < 1.29 is 4.79 Å². The van der Waals surface area contributed by atoms with Gasteiger partial charge in [-0.25, -0.2) is 0 Å². The van der Waals surface area contributed by atoms with Gasteiger partial charge in [-0.3, -0.25) is 4.79 Å². The maximum absolute atomic E-state index is 12.8. The number of carbonyl (C=O) groups is 1. The van der Waals surface area contributed by atoms with E-state index in [0.717, 1.165) is 18.8 Å². The van der Waals surface area contributed by atoms with Gasteiger partial charge in [0.05, 0.1) is 0 Å². The average molecular weight is 350 g/mol. The molecule has 2 aliphatic rings. The molecule has 1 aliphatic carbocycles. The molecule has 1 fully saturated rings. The molecule has 1 N–H and O–H groups in total. The normalized spacial score (nSPS) is 18.1. The van der Waals surface area contributed by atoms with Gasteiger partial charge in [0.15, 0.2) is 5.69 Å². The highest BCUT2D eigenvalue weighted by atomic mass is 16.2. The second-order valence-electron chi connectivity index (χ2n) is 7.38. The fourth-order valence-corrected chi connectivity index (χ4v) is 3.99. The van der Waals surface area contributed by atoms with E-state index in [9.17, 15) is 4.79 Å². The number of anilines is 1. The lowest BCUT2D eigenvalue weighted by Crippen LogP contribution is -2.36. The summed E-state index contributed by atoms with van der Waals surface area (Å²) >= 11 is 0. The highest BCUT2D eigenvalue weighted by Crippen LogP contribution is 2.21. The SMILES string of the molecule is O=C(c1ccc(NC2CCCCCC2)nn1)N1CCc2ccccc2C1. The molecule has 0 spiro atoms. The van der Waals surface area contributed by atoms with E-state index < -0.39 is 0 Å². The number of carbonyl (C=O) groups excluding carboxylic acids is 1. The van der Waals surface area contributed by atoms with Gasteiger partial charge in [-0.05, 0) is 42.5 Å². The maximum Gasteiger partial charge on any atom is 0.274 e. The zero-order valence-electron chi connectivity index (χ0n) is 15.2. The van der Waals surface area contributed by atoms with E-state index in [1.54, 1.807) is 6.07 Å². The molecule has 1 saturated carbocycles. The smallest absolute Gasteiger partial charge is 0.274 e. The van der Waals surface area contributed by atoms with Crippen molar-refractivity contribution in [2.24, 2.45) is 0 Å². The van der Waals surface area contributed by atoms with E-state index in [1.165, 1.54) is 49.7 Å². The predicted octanol–water partition coefficient (Wildman–Crippen LogP) is 3.81. The third kappa shape index (κ3) is 3.87. The summed E-state index contributed by atoms with van der Waals surface area (Å²) in [5.41, 5.74) is 2.99. The molecule has 5 nitrogen and oxygen atoms in total. The highest BCUT2D eigenvalue weighted by Gasteiger charge is 2.23. The Bertz CT molecular complexity index is 751. The molecule has 0 unspecified atom stereocenters. The van der Waals surface area contributed by atoms with Crippen molar-refractivity contribution in [3.8, 4) is 0 Å². The number of rotatable bonds is 3. The molecule has 1 amide bonds. The Labute approximate surface area is 154 Å². The summed E-state index contributed by atoms with van der Waals surface area (Å²) in [5.74, 6) is 0.741. The Balaban J connectivity index is 1.39. The molecule has 26 heavy (non-hydrogen) atoms. The van der Waals surface area contributed by atoms with E-state index in [2.05, 4.69) is 33.7 Å². The van der Waals surface area contributed by atoms with E-state index >= 15 is 0 Å². The lowest BCUT2D eigenvalue weighted by atomic mass is 10.00. The first kappa shape index (κ1) is 17.0. The number of hydrogen-bond donors (Lipinski definition) is 1. The van der Waals surface area contributed by atoms with Crippen LogP contribution in [0.15, 0.2) is 36.4 Å². The van der Waals surface area contributed by atoms with Gasteiger partial charge in [0.1, 0.15) is 5.82 Å². The first-order valence-corrected chi connectivity index (χ1v) is 9.76. The Hall–Kier alpha value is -2.43. The number of aromatic nitrogens is 2. The summed E-state index contributed by atoms with van der Waals surface area (Å²) in [6, 6.07) is 12.5. The van der Waals surface area contributed by atoms with Gasteiger partial charge in [0.2, 0.25) is 0 Å². The first-order valence-electron chi connectivity index (χ1n) is 9.76. The summed E-state index contributed by atoms with van der Waals surface area (Å²) < 4.78 is 0. The van der Waals surface area contributed by atoms with Crippen LogP contribution in [-0.2, 0) is 13.0 Å². The number of amides is 1. The molecule has 136 valence electrons. The fourth-order valence-electron chi connectivity index (χ4n) is 3.99. The molecule has 2 aromatic rings. The van der Waals surface area contributed by atoms with Crippen LogP contribution >= 0.6 is 0 Å². The van der Waals surface area contributed by atoms with Gasteiger partial charge >= 0.3 is 0 Å². The minimum absolute atomic E-state index is 0.0342. The van der Waals surface area contributed by atoms with Crippen molar-refractivity contribution in [1.29, 1.82) is 0 Å². The largest absolute Gasteiger partial charge is 0.366 e. The van der Waals surface area contributed by atoms with Crippen LogP contribution in [0.4, 0.5) is 5.82 Å². The van der Waals surface area contributed by atoms with Gasteiger partial charge < -0.3 is 10.2 Å². The number of hydrogen-bond acceptors (Lipinski definition) is 4. The zero-order chi connectivity index (χ0) is 17.8. The van der Waals surface area contributed by atoms with E-state index in [0.29, 0.717) is 18.3 Å². The molecule has 2 heterocycles. The van der Waals surface area contributed by atoms with Crippen molar-refractivity contribution in [2.75, 3.05) is 11.9 Å². The minimum Gasteiger partial charge on any atom is -0.366 e. The van der Waals surface area contributed by atoms with Crippen LogP contribution in [0.25, 0.3) is 0 Å². The number of benzene rings is 1. The summed E-state index contributed by atoms with van der Waals surface area (Å²) in [5, 5.41) is 11.9. The average Bonchev–Trinajstić information content (AvgIpc) is 2.96. The second-order valence-corrected chi connectivity index (χ2v) is 7.38. The number of nitrogens with zero attached hydrogens (tertiary/aromatic N) is 3. The van der Waals surface area contributed by atoms with Gasteiger partial charge in [-0.15, -0.1) is 10.2 Å². The highest BCUT2D eigenvalue weighted by molar-refractivity contribution is 5.92. The Morgan fingerprint density at radius 3 is 2.46 bits per heavy atom. The Morgan fingerprint density at radius 1 is 0.962 bits per heavy atom. The molecule has 1 aromatic heterocycles. The van der Waals surface area contributed by atoms with E-state index in [1.807, 2.05) is 17.0 Å². The summed E-state index contributed by atoms with van der Waals surface area (Å²) in [7, 11) is 0. The molecule has 5 heteroatoms. The molecule has 0 atom stereocenters. The van der Waals surface area contributed by atoms with Crippen molar-refractivity contribution >= 4 is 11.7 Å². The third-order valence-corrected chi connectivity index (χ3v) is 5.51. The molecule has 0 bridgehead atoms. The fraction of sp³-hybridized carbons (Fsp3) is 0.476. The van der Waals surface area contributed by atoms with Crippen molar-refractivity contribution in [1.82, 2.24) is 15.1 Å². The van der Waals surface area contributed by atoms with Crippen LogP contribution in [0.1, 0.15) is 60.1 Å². The van der Waals surface area contributed by atoms with Crippen molar-refractivity contribution in [3.63, 3.8) is 0 Å². The maximum atomic E-state index is 12.8. The van der Waals surface area contributed by atoms with Crippen LogP contribution < -0.4 is 5.32 Å². The van der Waals surface area contributed by atoms with Gasteiger partial charge in [0, 0.05) is 19.1 Å². The van der Waals surface area contributed by atoms with Crippen molar-refractivity contribution in [3.05, 3.63) is 53.2 Å². The molecule has 0 saturated heterocycles. The van der Waals surface area contributed by atoms with Crippen LogP contribution in [0.3, 0.4) is 0 Å². The van der Waals surface area contributed by atoms with Crippen LogP contribution in [-0.4, -0.2) is 33.6 Å². The summed E-state index contributed by atoms with van der Waals surface area (Å²) in [4.78, 5) is 14.6. The monoisotopic (exact) mass is 350 g/mol. The quantitative estimate of drug-likeness (QED) is 0.855. The lowest BCUT2D eigenvalue weighted by Gasteiger charge is -2.28. The number of nitrogens with one attached hydrogen (secondary N) is 1. The van der Waals surface area contributed by atoms with E-state index in [-0.39, 0.29) is 5.91 Å². The van der Waals surface area contributed by atoms with Gasteiger partial charge in [-0.2, -0.15) is 0 Å². The topological polar surface area (TPSA) is 58.1 Å². The van der Waals surface area contributed by atoms with E-state index in [4.69, 9.17) is 0 Å². The molecule has 1 aromatic carbocycles. The molecule has 0 radical (unpaired) electrons. The molecule has 1 aliphatic heterocycles. The predicted molar refractivity (Wildman–Crippen MR) is 102 cm³/mol. The van der Waals surface area contributed by atoms with Crippen molar-refractivity contribution in [2.45, 2.75) is 57.5 Å². The summed E-state index contributed by atoms with van der Waals surface area (Å²) in [6.07, 6.45) is 8.49. The van der Waals surface area contributed by atoms with Crippen LogP contribution in [0.2, 0.25) is 0 Å². The molecule has 4 rings (SSSR count). The van der Waals surface area contributed by atoms with Gasteiger partial charge in [-0.1, -0.05) is 49.9 Å². The first-order chi connectivity index (χ1) is 12.8. The van der Waals surface area contributed by atoms with Gasteiger partial charge in [0.25, 0.3) is 5.91 Å². The lowest BCUT2D eigenvalue weighted by molar-refractivity contribution is 0.0727. The second kappa shape index (κ2) is 7.85. The Morgan fingerprint density at radius 2 is 1.73 bits per heavy atom. The Kier molecular flexibility index (Phi) is 5.14. The minimum atomic E-state index is -0.0342.